The minimum Gasteiger partial charge on any atom is -0.493 e. The Morgan fingerprint density at radius 3 is 2.56 bits per heavy atom. The van der Waals surface area contributed by atoms with Crippen LogP contribution in [0.5, 0.6) is 11.5 Å². The Labute approximate surface area is 193 Å². The van der Waals surface area contributed by atoms with Crippen molar-refractivity contribution in [1.29, 1.82) is 0 Å². The van der Waals surface area contributed by atoms with Crippen molar-refractivity contribution in [1.82, 2.24) is 24.9 Å². The predicted octanol–water partition coefficient (Wildman–Crippen LogP) is 3.53. The molecule has 0 unspecified atom stereocenters. The second kappa shape index (κ2) is 8.92. The summed E-state index contributed by atoms with van der Waals surface area (Å²) in [6, 6.07) is 3.72. The summed E-state index contributed by atoms with van der Waals surface area (Å²) in [7, 11) is 4.71. The highest BCUT2D eigenvalue weighted by Gasteiger charge is 2.47. The molecule has 0 saturated heterocycles. The number of aryl methyl sites for hydroxylation is 2. The number of anilines is 1. The van der Waals surface area contributed by atoms with E-state index in [1.54, 1.807) is 36.1 Å². The van der Waals surface area contributed by atoms with Gasteiger partial charge in [0.05, 0.1) is 26.0 Å². The molecular weight excluding hydrogens is 453 g/mol. The minimum atomic E-state index is -4.56. The van der Waals surface area contributed by atoms with Crippen LogP contribution >= 0.6 is 0 Å². The summed E-state index contributed by atoms with van der Waals surface area (Å²) in [5.74, 6) is 0.420. The van der Waals surface area contributed by atoms with E-state index >= 15 is 0 Å². The highest BCUT2D eigenvalue weighted by atomic mass is 19.4. The number of methoxy groups -OCH3 is 2. The van der Waals surface area contributed by atoms with Crippen LogP contribution in [0.1, 0.15) is 45.8 Å². The average Bonchev–Trinajstić information content (AvgIpc) is 3.37. The van der Waals surface area contributed by atoms with Crippen LogP contribution in [0.2, 0.25) is 0 Å². The number of nitrogens with one attached hydrogen (secondary N) is 2. The van der Waals surface area contributed by atoms with E-state index in [-0.39, 0.29) is 24.5 Å². The Kier molecular flexibility index (Phi) is 6.15. The van der Waals surface area contributed by atoms with Gasteiger partial charge in [0.15, 0.2) is 23.2 Å². The Balaban J connectivity index is 1.60. The summed E-state index contributed by atoms with van der Waals surface area (Å²) in [6.07, 6.45) is -3.09. The number of amides is 1. The number of hydrogen-bond donors (Lipinski definition) is 2. The fraction of sp³-hybridized carbons (Fsp3) is 0.409. The van der Waals surface area contributed by atoms with E-state index in [0.29, 0.717) is 17.1 Å². The maximum absolute atomic E-state index is 14.0. The largest absolute Gasteiger partial charge is 0.493 e. The van der Waals surface area contributed by atoms with E-state index in [2.05, 4.69) is 20.8 Å². The lowest BCUT2D eigenvalue weighted by atomic mass is 9.96. The summed E-state index contributed by atoms with van der Waals surface area (Å²) in [6.45, 7) is 1.99. The Hall–Kier alpha value is -3.70. The van der Waals surface area contributed by atoms with E-state index in [4.69, 9.17) is 9.47 Å². The van der Waals surface area contributed by atoms with Crippen LogP contribution in [-0.4, -0.2) is 45.9 Å². The number of benzene rings is 1. The van der Waals surface area contributed by atoms with Gasteiger partial charge in [0, 0.05) is 37.8 Å². The molecule has 2 N–H and O–H groups in total. The second-order valence-corrected chi connectivity index (χ2v) is 8.06. The van der Waals surface area contributed by atoms with Gasteiger partial charge in [-0.25, -0.2) is 4.68 Å². The van der Waals surface area contributed by atoms with Gasteiger partial charge in [-0.2, -0.15) is 23.4 Å². The average molecular weight is 478 g/mol. The number of aromatic nitrogens is 4. The quantitative estimate of drug-likeness (QED) is 0.563. The standard InChI is InChI=1S/C22H25F3N6O3/c1-12-14(11-30(2)28-12)10-26-21(32)16-9-20-27-15(8-19(22(23,24)25)31(20)29-16)13-5-6-17(33-3)18(7-13)34-4/h5-7,9,11,15,19,27H,8,10H2,1-4H3,(H,26,32)/t15-,19-/m0/s1. The third-order valence-electron chi connectivity index (χ3n) is 5.79. The van der Waals surface area contributed by atoms with Crippen LogP contribution in [0, 0.1) is 6.92 Å². The monoisotopic (exact) mass is 478 g/mol. The Bertz CT molecular complexity index is 1200. The van der Waals surface area contributed by atoms with Crippen molar-refractivity contribution >= 4 is 11.7 Å². The first-order valence-corrected chi connectivity index (χ1v) is 10.5. The van der Waals surface area contributed by atoms with Gasteiger partial charge in [-0.3, -0.25) is 9.48 Å². The van der Waals surface area contributed by atoms with E-state index in [9.17, 15) is 18.0 Å². The van der Waals surface area contributed by atoms with Gasteiger partial charge in [0.1, 0.15) is 5.82 Å². The molecule has 0 radical (unpaired) electrons. The number of rotatable bonds is 6. The second-order valence-electron chi connectivity index (χ2n) is 8.06. The minimum absolute atomic E-state index is 0.105. The Morgan fingerprint density at radius 2 is 1.94 bits per heavy atom. The molecular formula is C22H25F3N6O3. The lowest BCUT2D eigenvalue weighted by molar-refractivity contribution is -0.173. The number of carbonyl (C=O) groups excluding carboxylic acids is 1. The van der Waals surface area contributed by atoms with Crippen molar-refractivity contribution in [2.45, 2.75) is 38.1 Å². The van der Waals surface area contributed by atoms with Crippen LogP contribution in [-0.2, 0) is 13.6 Å². The van der Waals surface area contributed by atoms with Crippen molar-refractivity contribution in [3.63, 3.8) is 0 Å². The van der Waals surface area contributed by atoms with Crippen LogP contribution < -0.4 is 20.1 Å². The number of carbonyl (C=O) groups is 1. The zero-order valence-corrected chi connectivity index (χ0v) is 19.1. The number of nitrogens with zero attached hydrogens (tertiary/aromatic N) is 4. The molecule has 0 spiro atoms. The van der Waals surface area contributed by atoms with Crippen LogP contribution in [0.3, 0.4) is 0 Å². The smallest absolute Gasteiger partial charge is 0.410 e. The molecule has 2 aromatic heterocycles. The number of alkyl halides is 3. The molecule has 0 bridgehead atoms. The van der Waals surface area contributed by atoms with Gasteiger partial charge >= 0.3 is 6.18 Å². The fourth-order valence-electron chi connectivity index (χ4n) is 4.06. The summed E-state index contributed by atoms with van der Waals surface area (Å²) in [5, 5.41) is 14.0. The molecule has 1 aromatic carbocycles. The lowest BCUT2D eigenvalue weighted by Crippen LogP contribution is -2.35. The first kappa shape index (κ1) is 23.5. The van der Waals surface area contributed by atoms with Crippen LogP contribution in [0.4, 0.5) is 19.0 Å². The molecule has 4 rings (SSSR count). The summed E-state index contributed by atoms with van der Waals surface area (Å²) in [5.41, 5.74) is 2.05. The summed E-state index contributed by atoms with van der Waals surface area (Å²) < 4.78 is 54.8. The fourth-order valence-corrected chi connectivity index (χ4v) is 4.06. The molecule has 0 saturated carbocycles. The molecule has 3 heterocycles. The molecule has 12 heteroatoms. The first-order valence-electron chi connectivity index (χ1n) is 10.5. The van der Waals surface area contributed by atoms with Gasteiger partial charge in [-0.1, -0.05) is 6.07 Å². The summed E-state index contributed by atoms with van der Waals surface area (Å²) >= 11 is 0. The van der Waals surface area contributed by atoms with Gasteiger partial charge in [0.25, 0.3) is 5.91 Å². The van der Waals surface area contributed by atoms with Crippen LogP contribution in [0.25, 0.3) is 0 Å². The highest BCUT2D eigenvalue weighted by molar-refractivity contribution is 5.93. The van der Waals surface area contributed by atoms with Crippen LogP contribution in [0.15, 0.2) is 30.5 Å². The van der Waals surface area contributed by atoms with Crippen molar-refractivity contribution < 1.29 is 27.4 Å². The molecule has 182 valence electrons. The van der Waals surface area contributed by atoms with Gasteiger partial charge in [0.2, 0.25) is 0 Å². The molecule has 3 aromatic rings. The maximum Gasteiger partial charge on any atom is 0.410 e. The van der Waals surface area contributed by atoms with Gasteiger partial charge in [-0.15, -0.1) is 0 Å². The Morgan fingerprint density at radius 1 is 1.21 bits per heavy atom. The number of fused-ring (bicyclic) bond motifs is 1. The molecule has 0 aliphatic carbocycles. The van der Waals surface area contributed by atoms with Gasteiger partial charge in [-0.05, 0) is 24.6 Å². The van der Waals surface area contributed by atoms with E-state index in [1.807, 2.05) is 6.92 Å². The lowest BCUT2D eigenvalue weighted by Gasteiger charge is -2.33. The normalized spacial score (nSPS) is 17.6. The number of halogens is 3. The molecule has 0 fully saturated rings. The topological polar surface area (TPSA) is 95.2 Å². The number of ether oxygens (including phenoxy) is 2. The van der Waals surface area contributed by atoms with E-state index < -0.39 is 24.2 Å². The SMILES string of the molecule is COc1ccc([C@@H]2C[C@@H](C(F)(F)F)n3nc(C(=O)NCc4cn(C)nc4C)cc3N2)cc1OC. The van der Waals surface area contributed by atoms with E-state index in [1.165, 1.54) is 20.3 Å². The molecule has 9 nitrogen and oxygen atoms in total. The number of hydrogen-bond acceptors (Lipinski definition) is 6. The van der Waals surface area contributed by atoms with Crippen molar-refractivity contribution in [2.24, 2.45) is 7.05 Å². The van der Waals surface area contributed by atoms with Gasteiger partial charge < -0.3 is 20.1 Å². The summed E-state index contributed by atoms with van der Waals surface area (Å²) in [4.78, 5) is 12.7. The molecule has 1 amide bonds. The molecule has 1 aliphatic heterocycles. The third kappa shape index (κ3) is 4.52. The van der Waals surface area contributed by atoms with E-state index in [0.717, 1.165) is 15.9 Å². The zero-order valence-electron chi connectivity index (χ0n) is 19.1. The molecule has 34 heavy (non-hydrogen) atoms. The van der Waals surface area contributed by atoms with Crippen molar-refractivity contribution in [3.05, 3.63) is 53.0 Å². The maximum atomic E-state index is 14.0. The predicted molar refractivity (Wildman–Crippen MR) is 117 cm³/mol. The zero-order chi connectivity index (χ0) is 24.6. The first-order chi connectivity index (χ1) is 16.1. The third-order valence-corrected chi connectivity index (χ3v) is 5.79. The van der Waals surface area contributed by atoms with Crippen molar-refractivity contribution in [3.8, 4) is 11.5 Å². The highest BCUT2D eigenvalue weighted by Crippen LogP contribution is 2.44. The molecule has 1 aliphatic rings. The molecule has 2 atom stereocenters. The van der Waals surface area contributed by atoms with Crippen molar-refractivity contribution in [2.75, 3.05) is 19.5 Å².